The minimum Gasteiger partial charge on any atom is -0.480 e. The average Bonchev–Trinajstić information content (AvgIpc) is 3.24. The molecule has 0 aromatic carbocycles. The summed E-state index contributed by atoms with van der Waals surface area (Å²) in [5, 5.41) is 12.8. The second-order valence-corrected chi connectivity index (χ2v) is 8.60. The Morgan fingerprint density at radius 2 is 2.10 bits per heavy atom. The molecule has 6 heteroatoms. The summed E-state index contributed by atoms with van der Waals surface area (Å²) in [5.74, 6) is 0.374. The van der Waals surface area contributed by atoms with E-state index in [2.05, 4.69) is 28.5 Å². The first-order chi connectivity index (χ1) is 14.7. The number of rotatable bonds is 7. The number of methoxy groups -OCH3 is 1. The molecule has 3 heterocycles. The Morgan fingerprint density at radius 1 is 1.23 bits per heavy atom. The van der Waals surface area contributed by atoms with E-state index in [1.807, 2.05) is 18.3 Å². The molecule has 0 unspecified atom stereocenters. The van der Waals surface area contributed by atoms with Gasteiger partial charge in [-0.25, -0.2) is 4.98 Å². The minimum atomic E-state index is 0.0391. The first-order valence-corrected chi connectivity index (χ1v) is 10.9. The van der Waals surface area contributed by atoms with Crippen molar-refractivity contribution in [2.75, 3.05) is 20.3 Å². The quantitative estimate of drug-likeness (QED) is 0.703. The van der Waals surface area contributed by atoms with E-state index in [1.165, 1.54) is 38.5 Å². The maximum absolute atomic E-state index is 9.27. The molecule has 1 saturated carbocycles. The van der Waals surface area contributed by atoms with Crippen LogP contribution in [-0.4, -0.2) is 35.8 Å². The van der Waals surface area contributed by atoms with Crippen LogP contribution in [0.3, 0.4) is 0 Å². The van der Waals surface area contributed by atoms with Crippen LogP contribution in [-0.2, 0) is 16.7 Å². The molecule has 158 valence electrons. The molecule has 6 nitrogen and oxygen atoms in total. The van der Waals surface area contributed by atoms with Gasteiger partial charge in [-0.3, -0.25) is 4.98 Å². The van der Waals surface area contributed by atoms with Gasteiger partial charge in [-0.2, -0.15) is 5.26 Å². The molecule has 1 aliphatic carbocycles. The second-order valence-electron chi connectivity index (χ2n) is 8.60. The number of aromatic nitrogens is 2. The fraction of sp³-hybridized carbons (Fsp3) is 0.542. The van der Waals surface area contributed by atoms with Crippen molar-refractivity contribution in [3.63, 3.8) is 0 Å². The average molecular weight is 407 g/mol. The van der Waals surface area contributed by atoms with Crippen LogP contribution in [0.5, 0.6) is 5.88 Å². The number of hydrogen-bond acceptors (Lipinski definition) is 6. The van der Waals surface area contributed by atoms with Gasteiger partial charge in [0.2, 0.25) is 5.88 Å². The summed E-state index contributed by atoms with van der Waals surface area (Å²) in [5.41, 5.74) is 2.73. The molecule has 2 aliphatic rings. The Bertz CT molecular complexity index is 890. The van der Waals surface area contributed by atoms with Crippen LogP contribution < -0.4 is 10.1 Å². The van der Waals surface area contributed by atoms with Gasteiger partial charge in [0.25, 0.3) is 0 Å². The van der Waals surface area contributed by atoms with Gasteiger partial charge in [-0.1, -0.05) is 18.9 Å². The van der Waals surface area contributed by atoms with Crippen molar-refractivity contribution in [3.8, 4) is 11.9 Å². The van der Waals surface area contributed by atoms with E-state index in [1.54, 1.807) is 6.20 Å². The van der Waals surface area contributed by atoms with Crippen LogP contribution >= 0.6 is 0 Å². The zero-order valence-corrected chi connectivity index (χ0v) is 17.7. The van der Waals surface area contributed by atoms with Gasteiger partial charge in [0.15, 0.2) is 0 Å². The van der Waals surface area contributed by atoms with Crippen LogP contribution in [0.2, 0.25) is 0 Å². The van der Waals surface area contributed by atoms with Gasteiger partial charge in [0.05, 0.1) is 12.7 Å². The summed E-state index contributed by atoms with van der Waals surface area (Å²) in [6.07, 6.45) is 11.6. The lowest BCUT2D eigenvalue weighted by atomic mass is 9.68. The number of ether oxygens (including phenoxy) is 2. The van der Waals surface area contributed by atoms with Crippen molar-refractivity contribution in [1.29, 1.82) is 5.26 Å². The highest BCUT2D eigenvalue weighted by Gasteiger charge is 2.48. The van der Waals surface area contributed by atoms with Crippen molar-refractivity contribution < 1.29 is 9.47 Å². The van der Waals surface area contributed by atoms with E-state index < -0.39 is 0 Å². The topological polar surface area (TPSA) is 80.1 Å². The summed E-state index contributed by atoms with van der Waals surface area (Å²) in [7, 11) is 1.53. The van der Waals surface area contributed by atoms with Gasteiger partial charge in [-0.05, 0) is 62.4 Å². The van der Waals surface area contributed by atoms with E-state index in [9.17, 15) is 5.26 Å². The molecule has 1 saturated heterocycles. The Labute approximate surface area is 178 Å². The first-order valence-electron chi connectivity index (χ1n) is 10.9. The second kappa shape index (κ2) is 9.11. The monoisotopic (exact) mass is 406 g/mol. The van der Waals surface area contributed by atoms with Gasteiger partial charge in [0.1, 0.15) is 11.6 Å². The summed E-state index contributed by atoms with van der Waals surface area (Å²) < 4.78 is 11.5. The van der Waals surface area contributed by atoms with Crippen LogP contribution in [0.4, 0.5) is 0 Å². The van der Waals surface area contributed by atoms with Crippen molar-refractivity contribution in [2.24, 2.45) is 0 Å². The molecular formula is C24H30N4O2. The zero-order chi connectivity index (χ0) is 20.9. The van der Waals surface area contributed by atoms with Gasteiger partial charge < -0.3 is 14.8 Å². The molecule has 2 fully saturated rings. The highest BCUT2D eigenvalue weighted by Crippen LogP contribution is 2.49. The Kier molecular flexibility index (Phi) is 6.31. The van der Waals surface area contributed by atoms with E-state index in [4.69, 9.17) is 14.5 Å². The number of nitriles is 1. The largest absolute Gasteiger partial charge is 0.480 e. The molecule has 1 N–H and O–H groups in total. The van der Waals surface area contributed by atoms with E-state index in [0.717, 1.165) is 38.0 Å². The van der Waals surface area contributed by atoms with E-state index in [-0.39, 0.29) is 11.0 Å². The number of nitrogens with one attached hydrogen (secondary N) is 1. The lowest BCUT2D eigenvalue weighted by Gasteiger charge is -2.46. The summed E-state index contributed by atoms with van der Waals surface area (Å²) in [6.45, 7) is 2.36. The first kappa shape index (κ1) is 20.8. The third kappa shape index (κ3) is 4.33. The minimum absolute atomic E-state index is 0.0391. The zero-order valence-electron chi connectivity index (χ0n) is 17.7. The van der Waals surface area contributed by atoms with Crippen LogP contribution in [0, 0.1) is 11.3 Å². The molecular weight excluding hydrogens is 376 g/mol. The van der Waals surface area contributed by atoms with Gasteiger partial charge in [0, 0.05) is 36.7 Å². The van der Waals surface area contributed by atoms with Crippen molar-refractivity contribution in [3.05, 3.63) is 53.5 Å². The molecule has 0 amide bonds. The van der Waals surface area contributed by atoms with Gasteiger partial charge in [-0.15, -0.1) is 0 Å². The predicted octanol–water partition coefficient (Wildman–Crippen LogP) is 3.90. The number of hydrogen-bond donors (Lipinski definition) is 1. The molecule has 0 radical (unpaired) electrons. The Balaban J connectivity index is 1.44. The molecule has 1 spiro atoms. The number of nitrogens with zero attached hydrogens (tertiary/aromatic N) is 3. The van der Waals surface area contributed by atoms with Crippen LogP contribution in [0.25, 0.3) is 0 Å². The Hall–Kier alpha value is -2.49. The normalized spacial score (nSPS) is 22.7. The third-order valence-electron chi connectivity index (χ3n) is 6.70. The lowest BCUT2D eigenvalue weighted by molar-refractivity contribution is -0.104. The lowest BCUT2D eigenvalue weighted by Crippen LogP contribution is -2.47. The van der Waals surface area contributed by atoms with Crippen LogP contribution in [0.1, 0.15) is 61.8 Å². The van der Waals surface area contributed by atoms with Gasteiger partial charge >= 0.3 is 0 Å². The maximum Gasteiger partial charge on any atom is 0.231 e. The van der Waals surface area contributed by atoms with Crippen molar-refractivity contribution >= 4 is 0 Å². The highest BCUT2D eigenvalue weighted by atomic mass is 16.5. The maximum atomic E-state index is 9.27. The predicted molar refractivity (Wildman–Crippen MR) is 114 cm³/mol. The van der Waals surface area contributed by atoms with E-state index in [0.29, 0.717) is 18.0 Å². The number of pyridine rings is 2. The molecule has 30 heavy (non-hydrogen) atoms. The van der Waals surface area contributed by atoms with E-state index >= 15 is 0 Å². The molecule has 2 aromatic rings. The van der Waals surface area contributed by atoms with Crippen molar-refractivity contribution in [1.82, 2.24) is 15.3 Å². The molecule has 2 aromatic heterocycles. The fourth-order valence-corrected chi connectivity index (χ4v) is 5.19. The summed E-state index contributed by atoms with van der Waals surface area (Å²) >= 11 is 0. The SMILES string of the molecule is COc1ncc(CNCC[C@@]2(c3ccccn3)CCOC3(CCCC3)C2)cc1C#N. The third-order valence-corrected chi connectivity index (χ3v) is 6.70. The highest BCUT2D eigenvalue weighted by molar-refractivity contribution is 5.39. The standard InChI is InChI=1S/C24H30N4O2/c1-29-22-20(15-25)14-19(17-28-22)16-26-12-9-23(21-6-2-5-11-27-21)10-13-30-24(18-23)7-3-4-8-24/h2,5-6,11,14,17,26H,3-4,7-10,12-13,16,18H2,1H3/t23-/m1/s1. The summed E-state index contributed by atoms with van der Waals surface area (Å²) in [6, 6.07) is 10.3. The smallest absolute Gasteiger partial charge is 0.231 e. The van der Waals surface area contributed by atoms with Crippen LogP contribution in [0.15, 0.2) is 36.7 Å². The summed E-state index contributed by atoms with van der Waals surface area (Å²) in [4.78, 5) is 9.00. The Morgan fingerprint density at radius 3 is 2.83 bits per heavy atom. The molecule has 1 aliphatic heterocycles. The van der Waals surface area contributed by atoms with Crippen molar-refractivity contribution in [2.45, 2.75) is 62.5 Å². The molecule has 0 bridgehead atoms. The molecule has 1 atom stereocenters. The molecule has 4 rings (SSSR count). The fourth-order valence-electron chi connectivity index (χ4n) is 5.19.